The van der Waals surface area contributed by atoms with Crippen molar-refractivity contribution in [1.29, 1.82) is 0 Å². The summed E-state index contributed by atoms with van der Waals surface area (Å²) in [7, 11) is 1.60. The lowest BCUT2D eigenvalue weighted by Gasteiger charge is -2.32. The molecule has 168 valence electrons. The predicted molar refractivity (Wildman–Crippen MR) is 122 cm³/mol. The summed E-state index contributed by atoms with van der Waals surface area (Å²) in [6.45, 7) is 8.53. The number of nitrogens with one attached hydrogen (secondary N) is 1. The van der Waals surface area contributed by atoms with E-state index >= 15 is 0 Å². The molecule has 1 aliphatic heterocycles. The van der Waals surface area contributed by atoms with Gasteiger partial charge in [-0.2, -0.15) is 0 Å². The van der Waals surface area contributed by atoms with Crippen molar-refractivity contribution in [2.75, 3.05) is 13.7 Å². The molecule has 0 unspecified atom stereocenters. The fourth-order valence-electron chi connectivity index (χ4n) is 3.67. The Labute approximate surface area is 188 Å². The summed E-state index contributed by atoms with van der Waals surface area (Å²) in [6, 6.07) is 6.82. The maximum absolute atomic E-state index is 13.0. The molecule has 1 aromatic heterocycles. The number of rotatable bonds is 6. The molecule has 8 heteroatoms. The Morgan fingerprint density at radius 2 is 2.00 bits per heavy atom. The van der Waals surface area contributed by atoms with Gasteiger partial charge in [0.1, 0.15) is 6.04 Å². The Bertz CT molecular complexity index is 920. The van der Waals surface area contributed by atoms with Gasteiger partial charge in [-0.3, -0.25) is 9.59 Å². The number of carbonyl (C=O) groups excluding carboxylic acids is 2. The largest absolute Gasteiger partial charge is 0.380 e. The molecule has 2 aromatic rings. The predicted octanol–water partition coefficient (Wildman–Crippen LogP) is 2.72. The first-order valence-corrected chi connectivity index (χ1v) is 11.4. The van der Waals surface area contributed by atoms with Gasteiger partial charge in [0.2, 0.25) is 11.8 Å². The van der Waals surface area contributed by atoms with Crippen LogP contribution in [0, 0.1) is 12.3 Å². The van der Waals surface area contributed by atoms with Gasteiger partial charge < -0.3 is 20.7 Å². The smallest absolute Gasteiger partial charge is 0.243 e. The summed E-state index contributed by atoms with van der Waals surface area (Å²) in [5.74, 6) is -0.395. The van der Waals surface area contributed by atoms with Crippen LogP contribution in [-0.4, -0.2) is 53.5 Å². The molecule has 1 saturated heterocycles. The molecule has 0 aliphatic carbocycles. The molecule has 1 aliphatic rings. The summed E-state index contributed by atoms with van der Waals surface area (Å²) in [5, 5.41) is 2.97. The maximum Gasteiger partial charge on any atom is 0.243 e. The second kappa shape index (κ2) is 9.46. The van der Waals surface area contributed by atoms with Gasteiger partial charge in [-0.25, -0.2) is 4.98 Å². The standard InChI is InChI=1S/C23H32N4O3S/c1-14-19(31-13-26-14)16-8-6-15(7-9-16)11-25-21(28)18-10-17(30-5)12-27(18)22(29)20(24)23(2,3)4/h6-9,13,17-18,20H,10-12,24H2,1-5H3,(H,25,28)/t17-,18+,20-/m0/s1. The molecule has 0 spiro atoms. The van der Waals surface area contributed by atoms with Gasteiger partial charge in [-0.05, 0) is 23.5 Å². The molecule has 1 aromatic carbocycles. The van der Waals surface area contributed by atoms with Crippen molar-refractivity contribution in [2.24, 2.45) is 11.1 Å². The molecular formula is C23H32N4O3S. The van der Waals surface area contributed by atoms with Crippen LogP contribution in [0.5, 0.6) is 0 Å². The fraction of sp³-hybridized carbons (Fsp3) is 0.522. The van der Waals surface area contributed by atoms with Gasteiger partial charge in [0, 0.05) is 26.6 Å². The molecule has 0 saturated carbocycles. The highest BCUT2D eigenvalue weighted by atomic mass is 32.1. The lowest BCUT2D eigenvalue weighted by molar-refractivity contribution is -0.141. The second-order valence-corrected chi connectivity index (χ2v) is 9.98. The molecule has 3 atom stereocenters. The lowest BCUT2D eigenvalue weighted by Crippen LogP contribution is -2.54. The van der Waals surface area contributed by atoms with Gasteiger partial charge >= 0.3 is 0 Å². The third-order valence-electron chi connectivity index (χ3n) is 5.81. The molecule has 0 radical (unpaired) electrons. The van der Waals surface area contributed by atoms with E-state index in [1.54, 1.807) is 23.3 Å². The number of amides is 2. The minimum Gasteiger partial charge on any atom is -0.380 e. The van der Waals surface area contributed by atoms with E-state index in [1.807, 2.05) is 57.5 Å². The van der Waals surface area contributed by atoms with Crippen molar-refractivity contribution >= 4 is 23.2 Å². The van der Waals surface area contributed by atoms with Crippen LogP contribution in [0.3, 0.4) is 0 Å². The highest BCUT2D eigenvalue weighted by molar-refractivity contribution is 7.13. The zero-order chi connectivity index (χ0) is 22.8. The van der Waals surface area contributed by atoms with E-state index in [0.717, 1.165) is 21.7 Å². The van der Waals surface area contributed by atoms with Crippen LogP contribution >= 0.6 is 11.3 Å². The van der Waals surface area contributed by atoms with Gasteiger partial charge in [0.25, 0.3) is 0 Å². The van der Waals surface area contributed by atoms with Gasteiger partial charge in [-0.1, -0.05) is 45.0 Å². The second-order valence-electron chi connectivity index (χ2n) is 9.13. The van der Waals surface area contributed by atoms with Crippen molar-refractivity contribution in [1.82, 2.24) is 15.2 Å². The van der Waals surface area contributed by atoms with E-state index in [4.69, 9.17) is 10.5 Å². The van der Waals surface area contributed by atoms with Crippen LogP contribution in [0.25, 0.3) is 10.4 Å². The molecule has 0 bridgehead atoms. The molecule has 1 fully saturated rings. The SMILES string of the molecule is CO[C@H]1C[C@H](C(=O)NCc2ccc(-c3scnc3C)cc2)N(C(=O)[C@H](N)C(C)(C)C)C1. The van der Waals surface area contributed by atoms with Crippen LogP contribution in [0.4, 0.5) is 0 Å². The number of hydrogen-bond donors (Lipinski definition) is 2. The summed E-state index contributed by atoms with van der Waals surface area (Å²) in [6.07, 6.45) is 0.294. The van der Waals surface area contributed by atoms with Crippen LogP contribution in [-0.2, 0) is 20.9 Å². The third-order valence-corrected chi connectivity index (χ3v) is 6.79. The topological polar surface area (TPSA) is 97.5 Å². The zero-order valence-corrected chi connectivity index (χ0v) is 19.7. The van der Waals surface area contributed by atoms with Crippen LogP contribution in [0.15, 0.2) is 29.8 Å². The summed E-state index contributed by atoms with van der Waals surface area (Å²) in [5.41, 5.74) is 10.8. The first-order chi connectivity index (χ1) is 14.6. The van der Waals surface area contributed by atoms with Crippen LogP contribution in [0.2, 0.25) is 0 Å². The van der Waals surface area contributed by atoms with Crippen molar-refractivity contribution in [3.8, 4) is 10.4 Å². The van der Waals surface area contributed by atoms with E-state index in [9.17, 15) is 9.59 Å². The number of hydrogen-bond acceptors (Lipinski definition) is 6. The lowest BCUT2D eigenvalue weighted by atomic mass is 9.86. The number of benzene rings is 1. The monoisotopic (exact) mass is 444 g/mol. The minimum absolute atomic E-state index is 0.172. The first-order valence-electron chi connectivity index (χ1n) is 10.5. The molecule has 7 nitrogen and oxygen atoms in total. The average molecular weight is 445 g/mol. The van der Waals surface area contributed by atoms with Crippen LogP contribution < -0.4 is 11.1 Å². The highest BCUT2D eigenvalue weighted by Gasteiger charge is 2.43. The Morgan fingerprint density at radius 1 is 1.32 bits per heavy atom. The van der Waals surface area contributed by atoms with Gasteiger partial charge in [0.05, 0.1) is 28.2 Å². The number of nitrogens with zero attached hydrogens (tertiary/aromatic N) is 2. The van der Waals surface area contributed by atoms with Crippen molar-refractivity contribution in [3.63, 3.8) is 0 Å². The normalized spacial score (nSPS) is 20.0. The van der Waals surface area contributed by atoms with Crippen molar-refractivity contribution < 1.29 is 14.3 Å². The summed E-state index contributed by atoms with van der Waals surface area (Å²) < 4.78 is 5.44. The quantitative estimate of drug-likeness (QED) is 0.714. The van der Waals surface area contributed by atoms with E-state index in [0.29, 0.717) is 19.5 Å². The first kappa shape index (κ1) is 23.4. The fourth-order valence-corrected chi connectivity index (χ4v) is 4.48. The van der Waals surface area contributed by atoms with Gasteiger partial charge in [-0.15, -0.1) is 11.3 Å². The highest BCUT2D eigenvalue weighted by Crippen LogP contribution is 2.28. The van der Waals surface area contributed by atoms with E-state index in [-0.39, 0.29) is 23.3 Å². The molecule has 3 N–H and O–H groups in total. The molecule has 3 rings (SSSR count). The Kier molecular flexibility index (Phi) is 7.13. The molecule has 2 amide bonds. The van der Waals surface area contributed by atoms with E-state index in [2.05, 4.69) is 10.3 Å². The Hall–Kier alpha value is -2.29. The number of likely N-dealkylation sites (tertiary alicyclic amines) is 1. The maximum atomic E-state index is 13.0. The van der Waals surface area contributed by atoms with E-state index < -0.39 is 12.1 Å². The Balaban J connectivity index is 1.65. The number of carbonyl (C=O) groups is 2. The van der Waals surface area contributed by atoms with Gasteiger partial charge in [0.15, 0.2) is 0 Å². The third kappa shape index (κ3) is 5.31. The molecular weight excluding hydrogens is 412 g/mol. The number of thiazole rings is 1. The summed E-state index contributed by atoms with van der Waals surface area (Å²) >= 11 is 1.61. The number of methoxy groups -OCH3 is 1. The average Bonchev–Trinajstić information content (AvgIpc) is 3.37. The van der Waals surface area contributed by atoms with Crippen LogP contribution in [0.1, 0.15) is 38.4 Å². The number of aryl methyl sites for hydroxylation is 1. The minimum atomic E-state index is -0.679. The number of aromatic nitrogens is 1. The molecule has 31 heavy (non-hydrogen) atoms. The van der Waals surface area contributed by atoms with E-state index in [1.165, 1.54) is 0 Å². The molecule has 2 heterocycles. The number of ether oxygens (including phenoxy) is 1. The zero-order valence-electron chi connectivity index (χ0n) is 18.8. The number of nitrogens with two attached hydrogens (primary N) is 1. The van der Waals surface area contributed by atoms with Crippen molar-refractivity contribution in [2.45, 2.75) is 58.8 Å². The summed E-state index contributed by atoms with van der Waals surface area (Å²) in [4.78, 5) is 33.0. The Morgan fingerprint density at radius 3 is 2.55 bits per heavy atom. The van der Waals surface area contributed by atoms with Crippen molar-refractivity contribution in [3.05, 3.63) is 41.0 Å².